The van der Waals surface area contributed by atoms with E-state index >= 15 is 0 Å². The summed E-state index contributed by atoms with van der Waals surface area (Å²) in [6.07, 6.45) is 0. The highest BCUT2D eigenvalue weighted by Gasteiger charge is 2.05. The molecular formula is C9H17N5. The summed E-state index contributed by atoms with van der Waals surface area (Å²) in [4.78, 5) is 14.5. The smallest absolute Gasteiger partial charge is 0.229 e. The van der Waals surface area contributed by atoms with Crippen LogP contribution in [0.15, 0.2) is 0 Å². The van der Waals surface area contributed by atoms with E-state index in [2.05, 4.69) is 34.1 Å². The summed E-state index contributed by atoms with van der Waals surface area (Å²) in [5, 5.41) is 3.15. The normalized spacial score (nSPS) is 10.4. The number of aryl methyl sites for hydroxylation is 1. The zero-order valence-corrected chi connectivity index (χ0v) is 9.37. The van der Waals surface area contributed by atoms with Crippen molar-refractivity contribution >= 4 is 11.9 Å². The number of aromatic nitrogens is 3. The third-order valence-electron chi connectivity index (χ3n) is 1.55. The van der Waals surface area contributed by atoms with E-state index in [4.69, 9.17) is 0 Å². The van der Waals surface area contributed by atoms with E-state index < -0.39 is 0 Å². The van der Waals surface area contributed by atoms with Gasteiger partial charge in [-0.2, -0.15) is 15.0 Å². The van der Waals surface area contributed by atoms with Crippen molar-refractivity contribution in [3.63, 3.8) is 0 Å². The van der Waals surface area contributed by atoms with Gasteiger partial charge < -0.3 is 10.2 Å². The summed E-state index contributed by atoms with van der Waals surface area (Å²) in [5.41, 5.74) is 0. The van der Waals surface area contributed by atoms with Gasteiger partial charge in [-0.3, -0.25) is 0 Å². The quantitative estimate of drug-likeness (QED) is 0.781. The molecule has 0 spiro atoms. The fourth-order valence-corrected chi connectivity index (χ4v) is 0.990. The predicted octanol–water partition coefficient (Wildman–Crippen LogP) is 1.07. The predicted molar refractivity (Wildman–Crippen MR) is 57.6 cm³/mol. The number of rotatable bonds is 3. The van der Waals surface area contributed by atoms with Crippen LogP contribution in [0.25, 0.3) is 0 Å². The van der Waals surface area contributed by atoms with Crippen LogP contribution in [0, 0.1) is 6.92 Å². The second-order valence-electron chi connectivity index (χ2n) is 3.70. The fraction of sp³-hybridized carbons (Fsp3) is 0.667. The molecule has 0 saturated carbocycles. The Labute approximate surface area is 84.6 Å². The summed E-state index contributed by atoms with van der Waals surface area (Å²) in [6, 6.07) is 0.326. The molecule has 0 bridgehead atoms. The maximum Gasteiger partial charge on any atom is 0.229 e. The van der Waals surface area contributed by atoms with Crippen molar-refractivity contribution in [3.8, 4) is 0 Å². The highest BCUT2D eigenvalue weighted by Crippen LogP contribution is 2.08. The lowest BCUT2D eigenvalue weighted by Gasteiger charge is -2.13. The summed E-state index contributed by atoms with van der Waals surface area (Å²) in [6.45, 7) is 5.96. The molecule has 1 rings (SSSR count). The van der Waals surface area contributed by atoms with Crippen LogP contribution in [-0.4, -0.2) is 35.1 Å². The van der Waals surface area contributed by atoms with Gasteiger partial charge in [-0.05, 0) is 20.8 Å². The Morgan fingerprint density at radius 2 is 1.79 bits per heavy atom. The summed E-state index contributed by atoms with van der Waals surface area (Å²) in [5.74, 6) is 2.05. The van der Waals surface area contributed by atoms with Gasteiger partial charge in [-0.1, -0.05) is 0 Å². The van der Waals surface area contributed by atoms with Gasteiger partial charge in [0.25, 0.3) is 0 Å². The van der Waals surface area contributed by atoms with Crippen molar-refractivity contribution < 1.29 is 0 Å². The Hall–Kier alpha value is -1.39. The van der Waals surface area contributed by atoms with Gasteiger partial charge in [-0.15, -0.1) is 0 Å². The van der Waals surface area contributed by atoms with E-state index in [1.807, 2.05) is 25.9 Å². The average molecular weight is 195 g/mol. The minimum atomic E-state index is 0.326. The Bertz CT molecular complexity index is 308. The zero-order valence-electron chi connectivity index (χ0n) is 9.37. The molecule has 0 radical (unpaired) electrons. The molecule has 5 heteroatoms. The summed E-state index contributed by atoms with van der Waals surface area (Å²) >= 11 is 0. The molecule has 0 unspecified atom stereocenters. The van der Waals surface area contributed by atoms with E-state index in [-0.39, 0.29) is 0 Å². The molecule has 14 heavy (non-hydrogen) atoms. The Morgan fingerprint density at radius 1 is 1.14 bits per heavy atom. The average Bonchev–Trinajstić information content (AvgIpc) is 2.01. The van der Waals surface area contributed by atoms with Crippen molar-refractivity contribution in [2.45, 2.75) is 26.8 Å². The largest absolute Gasteiger partial charge is 0.352 e. The van der Waals surface area contributed by atoms with Crippen LogP contribution in [0.3, 0.4) is 0 Å². The highest BCUT2D eigenvalue weighted by atomic mass is 15.3. The van der Waals surface area contributed by atoms with Gasteiger partial charge in [0.05, 0.1) is 0 Å². The fourth-order valence-electron chi connectivity index (χ4n) is 0.990. The van der Waals surface area contributed by atoms with E-state index in [9.17, 15) is 0 Å². The molecule has 78 valence electrons. The van der Waals surface area contributed by atoms with Gasteiger partial charge in [-0.25, -0.2) is 0 Å². The van der Waals surface area contributed by atoms with Crippen LogP contribution in [0.5, 0.6) is 0 Å². The van der Waals surface area contributed by atoms with Crippen molar-refractivity contribution in [3.05, 3.63) is 5.82 Å². The molecule has 0 saturated heterocycles. The van der Waals surface area contributed by atoms with Crippen molar-refractivity contribution in [1.82, 2.24) is 15.0 Å². The Morgan fingerprint density at radius 3 is 2.29 bits per heavy atom. The Balaban J connectivity index is 2.95. The molecule has 0 amide bonds. The van der Waals surface area contributed by atoms with Crippen LogP contribution in [0.1, 0.15) is 19.7 Å². The summed E-state index contributed by atoms with van der Waals surface area (Å²) < 4.78 is 0. The zero-order chi connectivity index (χ0) is 10.7. The first kappa shape index (κ1) is 10.7. The Kier molecular flexibility index (Phi) is 3.22. The molecule has 0 aliphatic rings. The number of nitrogens with one attached hydrogen (secondary N) is 1. The molecule has 1 heterocycles. The maximum atomic E-state index is 4.27. The van der Waals surface area contributed by atoms with Crippen LogP contribution >= 0.6 is 0 Å². The lowest BCUT2D eigenvalue weighted by atomic mass is 10.4. The van der Waals surface area contributed by atoms with Crippen LogP contribution in [0.4, 0.5) is 11.9 Å². The minimum Gasteiger partial charge on any atom is -0.352 e. The van der Waals surface area contributed by atoms with Crippen molar-refractivity contribution in [2.75, 3.05) is 24.3 Å². The van der Waals surface area contributed by atoms with Gasteiger partial charge >= 0.3 is 0 Å². The van der Waals surface area contributed by atoms with Crippen molar-refractivity contribution in [1.29, 1.82) is 0 Å². The molecule has 0 fully saturated rings. The first-order valence-corrected chi connectivity index (χ1v) is 4.65. The van der Waals surface area contributed by atoms with Gasteiger partial charge in [0.2, 0.25) is 11.9 Å². The molecule has 0 aliphatic carbocycles. The first-order chi connectivity index (χ1) is 6.49. The maximum absolute atomic E-state index is 4.27. The standard InChI is InChI=1S/C9H17N5/c1-6(2)10-8-11-7(3)12-9(13-8)14(4)5/h6H,1-5H3,(H,10,11,12,13). The lowest BCUT2D eigenvalue weighted by molar-refractivity contribution is 0.846. The molecule has 0 aliphatic heterocycles. The minimum absolute atomic E-state index is 0.326. The number of nitrogens with zero attached hydrogens (tertiary/aromatic N) is 4. The lowest BCUT2D eigenvalue weighted by Crippen LogP contribution is -2.18. The number of anilines is 2. The van der Waals surface area contributed by atoms with Crippen LogP contribution in [-0.2, 0) is 0 Å². The second kappa shape index (κ2) is 4.21. The SMILES string of the molecule is Cc1nc(NC(C)C)nc(N(C)C)n1. The van der Waals surface area contributed by atoms with E-state index in [0.29, 0.717) is 17.9 Å². The van der Waals surface area contributed by atoms with Gasteiger partial charge in [0, 0.05) is 20.1 Å². The van der Waals surface area contributed by atoms with Gasteiger partial charge in [0.1, 0.15) is 5.82 Å². The molecular weight excluding hydrogens is 178 g/mol. The van der Waals surface area contributed by atoms with E-state index in [0.717, 1.165) is 5.82 Å². The number of hydrogen-bond acceptors (Lipinski definition) is 5. The monoisotopic (exact) mass is 195 g/mol. The van der Waals surface area contributed by atoms with E-state index in [1.165, 1.54) is 0 Å². The van der Waals surface area contributed by atoms with Crippen LogP contribution in [0.2, 0.25) is 0 Å². The third-order valence-corrected chi connectivity index (χ3v) is 1.55. The van der Waals surface area contributed by atoms with Crippen molar-refractivity contribution in [2.24, 2.45) is 0 Å². The third kappa shape index (κ3) is 2.83. The summed E-state index contributed by atoms with van der Waals surface area (Å²) in [7, 11) is 3.82. The second-order valence-corrected chi connectivity index (χ2v) is 3.70. The first-order valence-electron chi connectivity index (χ1n) is 4.65. The highest BCUT2D eigenvalue weighted by molar-refractivity contribution is 5.35. The molecule has 1 aromatic rings. The number of hydrogen-bond donors (Lipinski definition) is 1. The molecule has 1 aromatic heterocycles. The van der Waals surface area contributed by atoms with Gasteiger partial charge in [0.15, 0.2) is 0 Å². The van der Waals surface area contributed by atoms with E-state index in [1.54, 1.807) is 0 Å². The molecule has 0 atom stereocenters. The molecule has 1 N–H and O–H groups in total. The molecule has 0 aromatic carbocycles. The molecule has 5 nitrogen and oxygen atoms in total. The van der Waals surface area contributed by atoms with Crippen LogP contribution < -0.4 is 10.2 Å². The topological polar surface area (TPSA) is 53.9 Å².